The van der Waals surface area contributed by atoms with E-state index in [-0.39, 0.29) is 17.9 Å². The maximum absolute atomic E-state index is 12.9. The van der Waals surface area contributed by atoms with Crippen molar-refractivity contribution < 1.29 is 9.59 Å². The number of hydrogen-bond acceptors (Lipinski definition) is 5. The number of piperidine rings is 1. The lowest BCUT2D eigenvalue weighted by Gasteiger charge is -2.31. The summed E-state index contributed by atoms with van der Waals surface area (Å²) < 4.78 is 1.64. The number of likely N-dealkylation sites (tertiary alicyclic amines) is 1. The van der Waals surface area contributed by atoms with Crippen LogP contribution in [0, 0.1) is 11.8 Å². The van der Waals surface area contributed by atoms with Gasteiger partial charge in [-0.05, 0) is 52.8 Å². The summed E-state index contributed by atoms with van der Waals surface area (Å²) in [6.07, 6.45) is 4.08. The standard InChI is InChI=1S/C19H24N6O2/c1-23-11-16-8-17(7-15(16)9-18(23)26)24(2)19(27)14-5-3-13(4-6-14)10-25-12-20-21-22-25/h3-6,12,15-17H,7-11H2,1-2H3/t15-,16+,17-/m0/s1. The summed E-state index contributed by atoms with van der Waals surface area (Å²) in [5, 5.41) is 11.1. The van der Waals surface area contributed by atoms with Crippen LogP contribution < -0.4 is 0 Å². The van der Waals surface area contributed by atoms with Crippen LogP contribution >= 0.6 is 0 Å². The molecule has 2 aromatic rings. The molecular weight excluding hydrogens is 344 g/mol. The van der Waals surface area contributed by atoms with E-state index >= 15 is 0 Å². The molecule has 2 aliphatic rings. The quantitative estimate of drug-likeness (QED) is 0.805. The van der Waals surface area contributed by atoms with Crippen molar-refractivity contribution in [1.29, 1.82) is 0 Å². The lowest BCUT2D eigenvalue weighted by molar-refractivity contribution is -0.134. The third kappa shape index (κ3) is 3.56. The zero-order valence-corrected chi connectivity index (χ0v) is 15.7. The van der Waals surface area contributed by atoms with E-state index in [9.17, 15) is 9.59 Å². The second-order valence-corrected chi connectivity index (χ2v) is 7.74. The van der Waals surface area contributed by atoms with Gasteiger partial charge >= 0.3 is 0 Å². The highest BCUT2D eigenvalue weighted by Crippen LogP contribution is 2.40. The molecule has 0 unspecified atom stereocenters. The van der Waals surface area contributed by atoms with Gasteiger partial charge in [-0.1, -0.05) is 12.1 Å². The molecule has 3 atom stereocenters. The maximum atomic E-state index is 12.9. The Morgan fingerprint density at radius 1 is 1.22 bits per heavy atom. The third-order valence-electron chi connectivity index (χ3n) is 5.99. The molecule has 0 spiro atoms. The average molecular weight is 368 g/mol. The lowest BCUT2D eigenvalue weighted by Crippen LogP contribution is -2.39. The molecule has 8 nitrogen and oxygen atoms in total. The molecule has 27 heavy (non-hydrogen) atoms. The second kappa shape index (κ2) is 7.09. The first-order valence-corrected chi connectivity index (χ1v) is 9.32. The normalized spacial score (nSPS) is 24.7. The monoisotopic (exact) mass is 368 g/mol. The Labute approximate surface area is 158 Å². The van der Waals surface area contributed by atoms with Crippen molar-refractivity contribution in [1.82, 2.24) is 30.0 Å². The SMILES string of the molecule is CN1C[C@H]2C[C@@H](N(C)C(=O)c3ccc(Cn4cnnn4)cc3)C[C@H]2CC1=O. The van der Waals surface area contributed by atoms with Gasteiger partial charge in [0.2, 0.25) is 5.91 Å². The number of aromatic nitrogens is 4. The number of hydrogen-bond donors (Lipinski definition) is 0. The predicted octanol–water partition coefficient (Wildman–Crippen LogP) is 1.05. The zero-order chi connectivity index (χ0) is 19.0. The average Bonchev–Trinajstić information content (AvgIpc) is 3.31. The van der Waals surface area contributed by atoms with Gasteiger partial charge in [0.25, 0.3) is 5.91 Å². The van der Waals surface area contributed by atoms with Crippen molar-refractivity contribution in [3.8, 4) is 0 Å². The molecular formula is C19H24N6O2. The maximum Gasteiger partial charge on any atom is 0.253 e. The van der Waals surface area contributed by atoms with Crippen LogP contribution in [0.2, 0.25) is 0 Å². The molecule has 142 valence electrons. The number of carbonyl (C=O) groups excluding carboxylic acids is 2. The number of rotatable bonds is 4. The molecule has 1 aliphatic carbocycles. The third-order valence-corrected chi connectivity index (χ3v) is 5.99. The molecule has 2 heterocycles. The summed E-state index contributed by atoms with van der Waals surface area (Å²) in [4.78, 5) is 28.5. The van der Waals surface area contributed by atoms with E-state index in [1.54, 1.807) is 11.0 Å². The highest BCUT2D eigenvalue weighted by molar-refractivity contribution is 5.94. The zero-order valence-electron chi connectivity index (χ0n) is 15.7. The highest BCUT2D eigenvalue weighted by Gasteiger charge is 2.42. The predicted molar refractivity (Wildman–Crippen MR) is 97.7 cm³/mol. The van der Waals surface area contributed by atoms with Crippen LogP contribution in [0.25, 0.3) is 0 Å². The fourth-order valence-electron chi connectivity index (χ4n) is 4.37. The van der Waals surface area contributed by atoms with Gasteiger partial charge in [0, 0.05) is 38.7 Å². The summed E-state index contributed by atoms with van der Waals surface area (Å²) in [6, 6.07) is 7.79. The first kappa shape index (κ1) is 17.6. The van der Waals surface area contributed by atoms with Crippen molar-refractivity contribution in [2.45, 2.75) is 31.8 Å². The Hall–Kier alpha value is -2.77. The minimum Gasteiger partial charge on any atom is -0.345 e. The number of nitrogens with zero attached hydrogens (tertiary/aromatic N) is 6. The summed E-state index contributed by atoms with van der Waals surface area (Å²) in [7, 11) is 3.75. The van der Waals surface area contributed by atoms with Crippen LogP contribution in [0.15, 0.2) is 30.6 Å². The first-order valence-electron chi connectivity index (χ1n) is 9.32. The number of fused-ring (bicyclic) bond motifs is 1. The Kier molecular flexibility index (Phi) is 4.63. The fourth-order valence-corrected chi connectivity index (χ4v) is 4.37. The van der Waals surface area contributed by atoms with Gasteiger partial charge in [-0.2, -0.15) is 0 Å². The Balaban J connectivity index is 1.40. The van der Waals surface area contributed by atoms with Crippen molar-refractivity contribution in [2.75, 3.05) is 20.6 Å². The molecule has 0 radical (unpaired) electrons. The molecule has 1 aliphatic heterocycles. The van der Waals surface area contributed by atoms with Crippen LogP contribution in [0.5, 0.6) is 0 Å². The largest absolute Gasteiger partial charge is 0.345 e. The van der Waals surface area contributed by atoms with E-state index < -0.39 is 0 Å². The van der Waals surface area contributed by atoms with Crippen molar-refractivity contribution in [3.05, 3.63) is 41.7 Å². The van der Waals surface area contributed by atoms with Gasteiger partial charge in [-0.25, -0.2) is 4.68 Å². The van der Waals surface area contributed by atoms with Crippen molar-refractivity contribution in [2.24, 2.45) is 11.8 Å². The second-order valence-electron chi connectivity index (χ2n) is 7.74. The van der Waals surface area contributed by atoms with Crippen LogP contribution in [-0.4, -0.2) is 68.5 Å². The minimum absolute atomic E-state index is 0.0345. The van der Waals surface area contributed by atoms with Gasteiger partial charge < -0.3 is 9.80 Å². The summed E-state index contributed by atoms with van der Waals surface area (Å²) >= 11 is 0. The molecule has 4 rings (SSSR count). The molecule has 8 heteroatoms. The van der Waals surface area contributed by atoms with E-state index in [2.05, 4.69) is 15.5 Å². The Morgan fingerprint density at radius 3 is 2.67 bits per heavy atom. The Bertz CT molecular complexity index is 819. The Morgan fingerprint density at radius 2 is 1.96 bits per heavy atom. The van der Waals surface area contributed by atoms with Crippen molar-refractivity contribution >= 4 is 11.8 Å². The first-order chi connectivity index (χ1) is 13.0. The molecule has 1 saturated heterocycles. The highest BCUT2D eigenvalue weighted by atomic mass is 16.2. The molecule has 2 amide bonds. The van der Waals surface area contributed by atoms with Crippen LogP contribution in [0.3, 0.4) is 0 Å². The van der Waals surface area contributed by atoms with Crippen LogP contribution in [-0.2, 0) is 11.3 Å². The van der Waals surface area contributed by atoms with Gasteiger partial charge in [0.1, 0.15) is 6.33 Å². The number of amides is 2. The number of benzene rings is 1. The van der Waals surface area contributed by atoms with E-state index in [0.717, 1.165) is 24.9 Å². The van der Waals surface area contributed by atoms with Crippen LogP contribution in [0.4, 0.5) is 0 Å². The van der Waals surface area contributed by atoms with Gasteiger partial charge in [-0.15, -0.1) is 5.10 Å². The lowest BCUT2D eigenvalue weighted by atomic mass is 9.88. The molecule has 1 aromatic heterocycles. The number of tetrazole rings is 1. The molecule has 2 fully saturated rings. The topological polar surface area (TPSA) is 84.2 Å². The van der Waals surface area contributed by atoms with E-state index in [1.807, 2.05) is 48.2 Å². The van der Waals surface area contributed by atoms with Gasteiger partial charge in [0.15, 0.2) is 0 Å². The summed E-state index contributed by atoms with van der Waals surface area (Å²) in [6.45, 7) is 1.39. The molecule has 1 saturated carbocycles. The van der Waals surface area contributed by atoms with Gasteiger partial charge in [-0.3, -0.25) is 9.59 Å². The van der Waals surface area contributed by atoms with Gasteiger partial charge in [0.05, 0.1) is 6.54 Å². The molecule has 0 N–H and O–H groups in total. The van der Waals surface area contributed by atoms with E-state index in [4.69, 9.17) is 0 Å². The minimum atomic E-state index is 0.0345. The molecule has 1 aromatic carbocycles. The smallest absolute Gasteiger partial charge is 0.253 e. The van der Waals surface area contributed by atoms with E-state index in [1.165, 1.54) is 0 Å². The summed E-state index contributed by atoms with van der Waals surface area (Å²) in [5.41, 5.74) is 1.72. The summed E-state index contributed by atoms with van der Waals surface area (Å²) in [5.74, 6) is 1.18. The van der Waals surface area contributed by atoms with Crippen LogP contribution in [0.1, 0.15) is 35.2 Å². The number of carbonyl (C=O) groups is 2. The molecule has 0 bridgehead atoms. The van der Waals surface area contributed by atoms with E-state index in [0.29, 0.717) is 30.4 Å². The fraction of sp³-hybridized carbons (Fsp3) is 0.526. The van der Waals surface area contributed by atoms with Crippen molar-refractivity contribution in [3.63, 3.8) is 0 Å².